The Bertz CT molecular complexity index is 1550. The second-order valence-electron chi connectivity index (χ2n) is 9.02. The van der Waals surface area contributed by atoms with E-state index in [2.05, 4.69) is 16.6 Å². The third-order valence-electron chi connectivity index (χ3n) is 6.27. The average molecular weight is 515 g/mol. The Kier molecular flexibility index (Phi) is 8.02. The SMILES string of the molecule is CCC/C(=N\OC(C)=O)C(=O)c1ccc2c(c1)c1cc(C(O)c3ccc(OC(C)=O)cc3)ccc1n2CC. The van der Waals surface area contributed by atoms with Crippen molar-refractivity contribution >= 4 is 45.2 Å². The van der Waals surface area contributed by atoms with E-state index >= 15 is 0 Å². The van der Waals surface area contributed by atoms with Crippen LogP contribution in [0.3, 0.4) is 0 Å². The summed E-state index contributed by atoms with van der Waals surface area (Å²) in [5.41, 5.74) is 3.92. The monoisotopic (exact) mass is 514 g/mol. The quantitative estimate of drug-likeness (QED) is 0.0764. The van der Waals surface area contributed by atoms with E-state index in [4.69, 9.17) is 9.57 Å². The highest BCUT2D eigenvalue weighted by Gasteiger charge is 2.19. The number of aromatic nitrogens is 1. The Morgan fingerprint density at radius 2 is 1.50 bits per heavy atom. The van der Waals surface area contributed by atoms with Crippen LogP contribution in [0, 0.1) is 0 Å². The van der Waals surface area contributed by atoms with Gasteiger partial charge in [0.2, 0.25) is 5.78 Å². The molecule has 8 heteroatoms. The molecule has 8 nitrogen and oxygen atoms in total. The Morgan fingerprint density at radius 3 is 2.11 bits per heavy atom. The summed E-state index contributed by atoms with van der Waals surface area (Å²) in [5, 5.41) is 16.7. The third-order valence-corrected chi connectivity index (χ3v) is 6.27. The first-order valence-electron chi connectivity index (χ1n) is 12.5. The summed E-state index contributed by atoms with van der Waals surface area (Å²) in [5.74, 6) is -0.878. The van der Waals surface area contributed by atoms with Gasteiger partial charge in [-0.1, -0.05) is 36.7 Å². The first-order valence-corrected chi connectivity index (χ1v) is 12.5. The fourth-order valence-electron chi connectivity index (χ4n) is 4.57. The number of fused-ring (bicyclic) bond motifs is 3. The second kappa shape index (κ2) is 11.4. The van der Waals surface area contributed by atoms with Crippen LogP contribution in [0.5, 0.6) is 5.75 Å². The van der Waals surface area contributed by atoms with Crippen LogP contribution in [-0.4, -0.2) is 33.1 Å². The van der Waals surface area contributed by atoms with Crippen molar-refractivity contribution in [2.24, 2.45) is 5.16 Å². The van der Waals surface area contributed by atoms with E-state index in [9.17, 15) is 19.5 Å². The first-order chi connectivity index (χ1) is 18.2. The molecule has 4 aromatic rings. The maximum absolute atomic E-state index is 13.3. The Hall–Kier alpha value is -4.30. The number of nitrogens with zero attached hydrogens (tertiary/aromatic N) is 2. The Morgan fingerprint density at radius 1 is 0.868 bits per heavy atom. The highest BCUT2D eigenvalue weighted by Crippen LogP contribution is 2.34. The van der Waals surface area contributed by atoms with E-state index in [1.54, 1.807) is 30.3 Å². The number of benzene rings is 3. The van der Waals surface area contributed by atoms with Gasteiger partial charge in [0.15, 0.2) is 0 Å². The summed E-state index contributed by atoms with van der Waals surface area (Å²) < 4.78 is 7.24. The van der Waals surface area contributed by atoms with Gasteiger partial charge in [-0.05, 0) is 66.9 Å². The molecule has 1 N–H and O–H groups in total. The summed E-state index contributed by atoms with van der Waals surface area (Å²) in [6.07, 6.45) is 0.155. The minimum absolute atomic E-state index is 0.189. The largest absolute Gasteiger partial charge is 0.427 e. The van der Waals surface area contributed by atoms with Crippen molar-refractivity contribution in [2.75, 3.05) is 0 Å². The molecule has 0 saturated carbocycles. The van der Waals surface area contributed by atoms with Crippen molar-refractivity contribution < 1.29 is 29.1 Å². The van der Waals surface area contributed by atoms with Gasteiger partial charge < -0.3 is 19.2 Å². The number of oxime groups is 1. The van der Waals surface area contributed by atoms with Crippen LogP contribution < -0.4 is 4.74 Å². The number of hydrogen-bond donors (Lipinski definition) is 1. The number of carbonyl (C=O) groups is 3. The third kappa shape index (κ3) is 5.50. The normalized spacial score (nSPS) is 12.5. The van der Waals surface area contributed by atoms with Gasteiger partial charge in [0.25, 0.3) is 0 Å². The summed E-state index contributed by atoms with van der Waals surface area (Å²) in [7, 11) is 0. The molecule has 196 valence electrons. The van der Waals surface area contributed by atoms with Gasteiger partial charge >= 0.3 is 11.9 Å². The standard InChI is InChI=1S/C30H30N2O6/c1-5-7-26(31-38-19(4)34)30(36)22-11-15-28-25(17-22)24-16-21(10-14-27(24)32(28)6-2)29(35)20-8-12-23(13-9-20)37-18(3)33/h8-17,29,35H,5-7H2,1-4H3/b31-26+. The number of rotatable bonds is 9. The molecule has 1 atom stereocenters. The molecule has 0 aliphatic carbocycles. The number of ketones is 1. The van der Waals surface area contributed by atoms with Crippen molar-refractivity contribution in [1.29, 1.82) is 0 Å². The minimum Gasteiger partial charge on any atom is -0.427 e. The van der Waals surface area contributed by atoms with Crippen LogP contribution in [0.2, 0.25) is 0 Å². The number of carbonyl (C=O) groups excluding carboxylic acids is 3. The number of aliphatic hydroxyl groups is 1. The molecule has 1 aromatic heterocycles. The van der Waals surface area contributed by atoms with E-state index in [-0.39, 0.29) is 11.5 Å². The van der Waals surface area contributed by atoms with Gasteiger partial charge in [0, 0.05) is 47.8 Å². The molecule has 0 spiro atoms. The van der Waals surface area contributed by atoms with Crippen molar-refractivity contribution in [3.8, 4) is 5.75 Å². The predicted molar refractivity (Wildman–Crippen MR) is 145 cm³/mol. The van der Waals surface area contributed by atoms with Crippen LogP contribution in [0.4, 0.5) is 0 Å². The molecule has 0 fully saturated rings. The first kappa shape index (κ1) is 26.8. The topological polar surface area (TPSA) is 107 Å². The smallest absolute Gasteiger partial charge is 0.331 e. The van der Waals surface area contributed by atoms with Crippen molar-refractivity contribution in [3.63, 3.8) is 0 Å². The number of esters is 1. The zero-order valence-electron chi connectivity index (χ0n) is 21.9. The number of hydrogen-bond acceptors (Lipinski definition) is 7. The van der Waals surface area contributed by atoms with E-state index in [0.29, 0.717) is 35.3 Å². The highest BCUT2D eigenvalue weighted by molar-refractivity contribution is 6.46. The van der Waals surface area contributed by atoms with Gasteiger partial charge in [0.1, 0.15) is 17.6 Å². The second-order valence-corrected chi connectivity index (χ2v) is 9.02. The lowest BCUT2D eigenvalue weighted by Crippen LogP contribution is -2.15. The average Bonchev–Trinajstić information content (AvgIpc) is 3.22. The van der Waals surface area contributed by atoms with E-state index in [1.807, 2.05) is 37.3 Å². The molecular formula is C30H30N2O6. The lowest BCUT2D eigenvalue weighted by Gasteiger charge is -2.13. The fraction of sp³-hybridized carbons (Fsp3) is 0.267. The minimum atomic E-state index is -0.900. The van der Waals surface area contributed by atoms with Gasteiger partial charge in [0.05, 0.1) is 0 Å². The zero-order chi connectivity index (χ0) is 27.4. The van der Waals surface area contributed by atoms with Gasteiger partial charge in [-0.2, -0.15) is 0 Å². The molecule has 4 rings (SSSR count). The molecule has 0 bridgehead atoms. The molecule has 0 radical (unpaired) electrons. The highest BCUT2D eigenvalue weighted by atomic mass is 16.7. The van der Waals surface area contributed by atoms with E-state index in [1.165, 1.54) is 13.8 Å². The summed E-state index contributed by atoms with van der Waals surface area (Å²) in [4.78, 5) is 40.4. The number of Topliss-reactive ketones (excluding diaryl/α,β-unsaturated/α-hetero) is 1. The number of aryl methyl sites for hydroxylation is 1. The molecule has 0 aliphatic rings. The van der Waals surface area contributed by atoms with Gasteiger partial charge in [-0.15, -0.1) is 0 Å². The fourth-order valence-corrected chi connectivity index (χ4v) is 4.57. The van der Waals surface area contributed by atoms with Crippen molar-refractivity contribution in [3.05, 3.63) is 77.4 Å². The molecule has 0 amide bonds. The maximum Gasteiger partial charge on any atom is 0.331 e. The summed E-state index contributed by atoms with van der Waals surface area (Å²) >= 11 is 0. The number of aliphatic hydroxyl groups excluding tert-OH is 1. The van der Waals surface area contributed by atoms with Crippen LogP contribution >= 0.6 is 0 Å². The van der Waals surface area contributed by atoms with E-state index in [0.717, 1.165) is 28.4 Å². The van der Waals surface area contributed by atoms with E-state index < -0.39 is 18.0 Å². The van der Waals surface area contributed by atoms with Gasteiger partial charge in [-0.25, -0.2) is 4.79 Å². The molecule has 3 aromatic carbocycles. The van der Waals surface area contributed by atoms with Crippen LogP contribution in [0.1, 0.15) is 68.1 Å². The zero-order valence-corrected chi connectivity index (χ0v) is 21.9. The Balaban J connectivity index is 1.76. The molecule has 0 aliphatic heterocycles. The molecule has 0 saturated heterocycles. The summed E-state index contributed by atoms with van der Waals surface area (Å²) in [6.45, 7) is 7.27. The van der Waals surface area contributed by atoms with Crippen LogP contribution in [0.15, 0.2) is 65.8 Å². The molecule has 38 heavy (non-hydrogen) atoms. The number of ether oxygens (including phenoxy) is 1. The maximum atomic E-state index is 13.3. The predicted octanol–water partition coefficient (Wildman–Crippen LogP) is 5.72. The molecular weight excluding hydrogens is 484 g/mol. The van der Waals surface area contributed by atoms with Crippen LogP contribution in [-0.2, 0) is 21.0 Å². The lowest BCUT2D eigenvalue weighted by molar-refractivity contribution is -0.141. The summed E-state index contributed by atoms with van der Waals surface area (Å²) in [6, 6.07) is 18.0. The van der Waals surface area contributed by atoms with Crippen molar-refractivity contribution in [1.82, 2.24) is 4.57 Å². The van der Waals surface area contributed by atoms with Crippen molar-refractivity contribution in [2.45, 2.75) is 53.2 Å². The van der Waals surface area contributed by atoms with Crippen LogP contribution in [0.25, 0.3) is 21.8 Å². The van der Waals surface area contributed by atoms with Gasteiger partial charge in [-0.3, -0.25) is 9.59 Å². The Labute approximate surface area is 220 Å². The lowest BCUT2D eigenvalue weighted by atomic mass is 9.98. The molecule has 1 heterocycles. The molecule has 1 unspecified atom stereocenters.